The van der Waals surface area contributed by atoms with E-state index in [2.05, 4.69) is 9.47 Å². The van der Waals surface area contributed by atoms with Crippen LogP contribution in [0, 0.1) is 5.92 Å². The Balaban J connectivity index is 2.59. The van der Waals surface area contributed by atoms with Gasteiger partial charge >= 0.3 is 11.9 Å². The Morgan fingerprint density at radius 3 is 1.92 bits per heavy atom. The second-order valence-corrected chi connectivity index (χ2v) is 5.00. The minimum absolute atomic E-state index is 0.0614. The van der Waals surface area contributed by atoms with Crippen molar-refractivity contribution in [3.63, 3.8) is 0 Å². The van der Waals surface area contributed by atoms with Gasteiger partial charge in [0.15, 0.2) is 11.7 Å². The molecule has 0 aromatic heterocycles. The second-order valence-electron chi connectivity index (χ2n) is 5.00. The fraction of sp³-hybridized carbons (Fsp3) is 0.412. The fourth-order valence-corrected chi connectivity index (χ4v) is 2.07. The van der Waals surface area contributed by atoms with E-state index in [-0.39, 0.29) is 30.8 Å². The summed E-state index contributed by atoms with van der Waals surface area (Å²) in [4.78, 5) is 47.0. The van der Waals surface area contributed by atoms with Crippen LogP contribution >= 0.6 is 0 Å². The van der Waals surface area contributed by atoms with E-state index in [0.29, 0.717) is 11.3 Å². The number of hydrogen-bond donors (Lipinski definition) is 0. The van der Waals surface area contributed by atoms with Gasteiger partial charge in [0.1, 0.15) is 11.5 Å². The number of rotatable bonds is 9. The molecule has 0 fully saturated rings. The lowest BCUT2D eigenvalue weighted by atomic mass is 9.98. The van der Waals surface area contributed by atoms with Gasteiger partial charge < -0.3 is 14.2 Å². The van der Waals surface area contributed by atoms with Crippen LogP contribution in [0.25, 0.3) is 0 Å². The first-order valence-electron chi connectivity index (χ1n) is 7.27. The molecule has 130 valence electrons. The molecule has 0 aliphatic rings. The summed E-state index contributed by atoms with van der Waals surface area (Å²) in [6, 6.07) is 6.39. The first-order valence-corrected chi connectivity index (χ1v) is 7.27. The van der Waals surface area contributed by atoms with Gasteiger partial charge in [-0.1, -0.05) is 0 Å². The molecule has 0 N–H and O–H groups in total. The van der Waals surface area contributed by atoms with Crippen LogP contribution in [0.3, 0.4) is 0 Å². The molecule has 0 saturated heterocycles. The molecular formula is C17H20O7. The molecule has 0 unspecified atom stereocenters. The lowest BCUT2D eigenvalue weighted by molar-refractivity contribution is -0.159. The molecule has 0 amide bonds. The summed E-state index contributed by atoms with van der Waals surface area (Å²) in [5.74, 6) is -2.80. The molecule has 0 aliphatic carbocycles. The van der Waals surface area contributed by atoms with E-state index >= 15 is 0 Å². The van der Waals surface area contributed by atoms with E-state index in [9.17, 15) is 19.2 Å². The van der Waals surface area contributed by atoms with Gasteiger partial charge in [-0.15, -0.1) is 0 Å². The van der Waals surface area contributed by atoms with Crippen molar-refractivity contribution in [3.05, 3.63) is 29.8 Å². The number of ketones is 2. The highest BCUT2D eigenvalue weighted by molar-refractivity contribution is 6.08. The molecule has 0 bridgehead atoms. The number of esters is 2. The average molecular weight is 336 g/mol. The molecular weight excluding hydrogens is 316 g/mol. The predicted molar refractivity (Wildman–Crippen MR) is 83.7 cm³/mol. The second kappa shape index (κ2) is 9.44. The summed E-state index contributed by atoms with van der Waals surface area (Å²) in [5, 5.41) is 0. The number of carbonyl (C=O) groups excluding carboxylic acids is 4. The normalized spacial score (nSPS) is 10.2. The summed E-state index contributed by atoms with van der Waals surface area (Å²) in [6.45, 7) is 0. The van der Waals surface area contributed by atoms with E-state index in [1.807, 2.05) is 0 Å². The van der Waals surface area contributed by atoms with Gasteiger partial charge in [-0.05, 0) is 30.7 Å². The first kappa shape index (κ1) is 19.3. The third kappa shape index (κ3) is 5.49. The minimum Gasteiger partial charge on any atom is -0.497 e. The monoisotopic (exact) mass is 336 g/mol. The van der Waals surface area contributed by atoms with Crippen LogP contribution in [-0.4, -0.2) is 44.8 Å². The standard InChI is InChI=1S/C17H20O7/c1-22-13-7-4-11(5-8-13)15(19)10-12(18)6-9-14(16(20)23-2)17(21)24-3/h4-5,7-8,14H,6,9-10H2,1-3H3. The molecule has 0 saturated carbocycles. The SMILES string of the molecule is COC(=O)C(CCC(=O)CC(=O)c1ccc(OC)cc1)C(=O)OC. The molecule has 7 heteroatoms. The molecule has 1 aromatic carbocycles. The quantitative estimate of drug-likeness (QED) is 0.384. The maximum absolute atomic E-state index is 12.0. The number of methoxy groups -OCH3 is 3. The zero-order chi connectivity index (χ0) is 18.1. The molecule has 24 heavy (non-hydrogen) atoms. The van der Waals surface area contributed by atoms with Crippen molar-refractivity contribution in [1.82, 2.24) is 0 Å². The number of carbonyl (C=O) groups is 4. The van der Waals surface area contributed by atoms with E-state index in [0.717, 1.165) is 14.2 Å². The van der Waals surface area contributed by atoms with Crippen LogP contribution in [0.15, 0.2) is 24.3 Å². The molecule has 7 nitrogen and oxygen atoms in total. The fourth-order valence-electron chi connectivity index (χ4n) is 2.07. The summed E-state index contributed by atoms with van der Waals surface area (Å²) in [7, 11) is 3.81. The Kier molecular flexibility index (Phi) is 7.61. The highest BCUT2D eigenvalue weighted by Crippen LogP contribution is 2.15. The lowest BCUT2D eigenvalue weighted by Gasteiger charge is -2.11. The highest BCUT2D eigenvalue weighted by Gasteiger charge is 2.29. The molecule has 1 rings (SSSR count). The number of benzene rings is 1. The first-order chi connectivity index (χ1) is 11.4. The third-order valence-electron chi connectivity index (χ3n) is 3.45. The molecule has 1 aromatic rings. The topological polar surface area (TPSA) is 96.0 Å². The largest absolute Gasteiger partial charge is 0.497 e. The Morgan fingerprint density at radius 2 is 1.46 bits per heavy atom. The van der Waals surface area contributed by atoms with Gasteiger partial charge in [0, 0.05) is 12.0 Å². The summed E-state index contributed by atoms with van der Waals surface area (Å²) in [5.41, 5.74) is 0.390. The predicted octanol–water partition coefficient (Wildman–Crippen LogP) is 1.58. The smallest absolute Gasteiger partial charge is 0.320 e. The average Bonchev–Trinajstić information content (AvgIpc) is 2.61. The van der Waals surface area contributed by atoms with Crippen LogP contribution in [0.1, 0.15) is 29.6 Å². The van der Waals surface area contributed by atoms with E-state index < -0.39 is 17.9 Å². The Morgan fingerprint density at radius 1 is 0.917 bits per heavy atom. The summed E-state index contributed by atoms with van der Waals surface area (Å²) >= 11 is 0. The van der Waals surface area contributed by atoms with Crippen LogP contribution in [0.4, 0.5) is 0 Å². The number of Topliss-reactive ketones (excluding diaryl/α,β-unsaturated/α-hetero) is 2. The van der Waals surface area contributed by atoms with Crippen molar-refractivity contribution in [3.8, 4) is 5.75 Å². The van der Waals surface area contributed by atoms with Crippen LogP contribution in [0.2, 0.25) is 0 Å². The molecule has 0 spiro atoms. The Hall–Kier alpha value is -2.70. The Labute approximate surface area is 139 Å². The zero-order valence-corrected chi connectivity index (χ0v) is 13.9. The van der Waals surface area contributed by atoms with Gasteiger partial charge in [-0.2, -0.15) is 0 Å². The van der Waals surface area contributed by atoms with E-state index in [4.69, 9.17) is 4.74 Å². The van der Waals surface area contributed by atoms with Crippen molar-refractivity contribution in [2.75, 3.05) is 21.3 Å². The highest BCUT2D eigenvalue weighted by atomic mass is 16.5. The minimum atomic E-state index is -1.17. The maximum atomic E-state index is 12.0. The Bertz CT molecular complexity index is 588. The van der Waals surface area contributed by atoms with Crippen molar-refractivity contribution in [2.24, 2.45) is 5.92 Å². The molecule has 0 radical (unpaired) electrons. The molecule has 0 aliphatic heterocycles. The van der Waals surface area contributed by atoms with Crippen molar-refractivity contribution in [1.29, 1.82) is 0 Å². The molecule has 0 heterocycles. The lowest BCUT2D eigenvalue weighted by Crippen LogP contribution is -2.27. The zero-order valence-electron chi connectivity index (χ0n) is 13.9. The van der Waals surface area contributed by atoms with Gasteiger partial charge in [-0.25, -0.2) is 0 Å². The van der Waals surface area contributed by atoms with Crippen LogP contribution < -0.4 is 4.74 Å². The summed E-state index contributed by atoms with van der Waals surface area (Å²) < 4.78 is 14.0. The van der Waals surface area contributed by atoms with Crippen LogP contribution in [-0.2, 0) is 23.9 Å². The van der Waals surface area contributed by atoms with Crippen LogP contribution in [0.5, 0.6) is 5.75 Å². The van der Waals surface area contributed by atoms with Gasteiger partial charge in [0.2, 0.25) is 0 Å². The van der Waals surface area contributed by atoms with E-state index in [1.165, 1.54) is 7.11 Å². The third-order valence-corrected chi connectivity index (χ3v) is 3.45. The van der Waals surface area contributed by atoms with Crippen molar-refractivity contribution < 1.29 is 33.4 Å². The molecule has 0 atom stereocenters. The summed E-state index contributed by atoms with van der Waals surface area (Å²) in [6.07, 6.45) is -0.466. The number of ether oxygens (including phenoxy) is 3. The van der Waals surface area contributed by atoms with Crippen molar-refractivity contribution >= 4 is 23.5 Å². The van der Waals surface area contributed by atoms with Gasteiger partial charge in [0.05, 0.1) is 27.8 Å². The maximum Gasteiger partial charge on any atom is 0.320 e. The van der Waals surface area contributed by atoms with Gasteiger partial charge in [0.25, 0.3) is 0 Å². The van der Waals surface area contributed by atoms with E-state index in [1.54, 1.807) is 24.3 Å². The van der Waals surface area contributed by atoms with Gasteiger partial charge in [-0.3, -0.25) is 19.2 Å². The van der Waals surface area contributed by atoms with Crippen molar-refractivity contribution in [2.45, 2.75) is 19.3 Å². The number of hydrogen-bond acceptors (Lipinski definition) is 7.